The highest BCUT2D eigenvalue weighted by Gasteiger charge is 2.28. The van der Waals surface area contributed by atoms with E-state index in [1.165, 1.54) is 0 Å². The van der Waals surface area contributed by atoms with Gasteiger partial charge in [0.1, 0.15) is 0 Å². The topological polar surface area (TPSA) is 50.8 Å². The van der Waals surface area contributed by atoms with Crippen LogP contribution in [0.1, 0.15) is 26.7 Å². The number of likely N-dealkylation sites (tertiary alicyclic amines) is 1. The number of hydrogen-bond acceptors (Lipinski definition) is 4. The summed E-state index contributed by atoms with van der Waals surface area (Å²) in [7, 11) is 0. The Bertz CT molecular complexity index is 296. The molecular formula is C14H27ClN2O3. The molecule has 0 radical (unpaired) electrons. The summed E-state index contributed by atoms with van der Waals surface area (Å²) in [4.78, 5) is 14.1. The van der Waals surface area contributed by atoms with Crippen molar-refractivity contribution in [3.8, 4) is 0 Å². The third-order valence-corrected chi connectivity index (χ3v) is 3.58. The average Bonchev–Trinajstić information content (AvgIpc) is 2.86. The van der Waals surface area contributed by atoms with Gasteiger partial charge in [-0.15, -0.1) is 12.4 Å². The molecule has 0 bridgehead atoms. The van der Waals surface area contributed by atoms with Gasteiger partial charge < -0.3 is 19.7 Å². The molecule has 6 heteroatoms. The van der Waals surface area contributed by atoms with Crippen molar-refractivity contribution >= 4 is 18.3 Å². The van der Waals surface area contributed by atoms with Gasteiger partial charge in [0, 0.05) is 38.7 Å². The van der Waals surface area contributed by atoms with Crippen LogP contribution in [0.2, 0.25) is 0 Å². The molecule has 0 aliphatic carbocycles. The van der Waals surface area contributed by atoms with Gasteiger partial charge in [0.05, 0.1) is 19.3 Å². The lowest BCUT2D eigenvalue weighted by Crippen LogP contribution is -2.45. The fraction of sp³-hybridized carbons (Fsp3) is 0.929. The molecule has 118 valence electrons. The summed E-state index contributed by atoms with van der Waals surface area (Å²) in [6.07, 6.45) is 1.73. The molecule has 2 unspecified atom stereocenters. The van der Waals surface area contributed by atoms with E-state index in [9.17, 15) is 4.79 Å². The lowest BCUT2D eigenvalue weighted by molar-refractivity contribution is -0.132. The van der Waals surface area contributed by atoms with Gasteiger partial charge in [0.25, 0.3) is 0 Å². The zero-order valence-corrected chi connectivity index (χ0v) is 13.3. The van der Waals surface area contributed by atoms with Gasteiger partial charge in [0.2, 0.25) is 5.91 Å². The monoisotopic (exact) mass is 306 g/mol. The average molecular weight is 307 g/mol. The molecule has 2 rings (SSSR count). The summed E-state index contributed by atoms with van der Waals surface area (Å²) in [6, 6.07) is 0.178. The first-order valence-corrected chi connectivity index (χ1v) is 7.35. The molecule has 1 N–H and O–H groups in total. The third kappa shape index (κ3) is 5.56. The number of nitrogens with one attached hydrogen (secondary N) is 1. The van der Waals surface area contributed by atoms with Crippen LogP contribution in [0.25, 0.3) is 0 Å². The summed E-state index contributed by atoms with van der Waals surface area (Å²) >= 11 is 0. The molecule has 0 spiro atoms. The molecule has 1 amide bonds. The second kappa shape index (κ2) is 8.82. The lowest BCUT2D eigenvalue weighted by atomic mass is 10.2. The van der Waals surface area contributed by atoms with E-state index in [2.05, 4.69) is 19.2 Å². The van der Waals surface area contributed by atoms with Crippen LogP contribution in [0.3, 0.4) is 0 Å². The van der Waals surface area contributed by atoms with Gasteiger partial charge in [-0.1, -0.05) is 13.8 Å². The van der Waals surface area contributed by atoms with Crippen LogP contribution in [-0.2, 0) is 14.3 Å². The predicted octanol–water partition coefficient (Wildman–Crippen LogP) is 1.06. The second-order valence-electron chi connectivity index (χ2n) is 5.91. The van der Waals surface area contributed by atoms with E-state index < -0.39 is 0 Å². The minimum Gasteiger partial charge on any atom is -0.378 e. The highest BCUT2D eigenvalue weighted by atomic mass is 35.5. The largest absolute Gasteiger partial charge is 0.378 e. The number of nitrogens with zero attached hydrogens (tertiary/aromatic N) is 1. The Labute approximate surface area is 127 Å². The Morgan fingerprint density at radius 1 is 1.50 bits per heavy atom. The number of carbonyl (C=O) groups excluding carboxylic acids is 1. The number of morpholine rings is 1. The summed E-state index contributed by atoms with van der Waals surface area (Å²) in [5.41, 5.74) is 0. The number of amides is 1. The predicted molar refractivity (Wildman–Crippen MR) is 80.2 cm³/mol. The summed E-state index contributed by atoms with van der Waals surface area (Å²) in [6.45, 7) is 8.89. The van der Waals surface area contributed by atoms with Crippen LogP contribution in [-0.4, -0.2) is 62.4 Å². The quantitative estimate of drug-likeness (QED) is 0.825. The minimum atomic E-state index is 0. The third-order valence-electron chi connectivity index (χ3n) is 3.58. The maximum atomic E-state index is 12.2. The van der Waals surface area contributed by atoms with Crippen LogP contribution in [0, 0.1) is 5.92 Å². The Balaban J connectivity index is 0.00000200. The Hall–Kier alpha value is -0.360. The Morgan fingerprint density at radius 2 is 2.30 bits per heavy atom. The first-order valence-electron chi connectivity index (χ1n) is 7.35. The van der Waals surface area contributed by atoms with Gasteiger partial charge in [-0.2, -0.15) is 0 Å². The molecule has 0 aromatic carbocycles. The van der Waals surface area contributed by atoms with Gasteiger partial charge >= 0.3 is 0 Å². The van der Waals surface area contributed by atoms with Gasteiger partial charge in [-0.3, -0.25) is 4.79 Å². The first kappa shape index (κ1) is 17.7. The smallest absolute Gasteiger partial charge is 0.224 e. The minimum absolute atomic E-state index is 0. The number of halogens is 1. The molecule has 0 saturated carbocycles. The number of rotatable bonds is 5. The molecule has 5 nitrogen and oxygen atoms in total. The molecule has 2 atom stereocenters. The second-order valence-corrected chi connectivity index (χ2v) is 5.91. The number of carbonyl (C=O) groups is 1. The van der Waals surface area contributed by atoms with Crippen LogP contribution in [0.5, 0.6) is 0 Å². The van der Waals surface area contributed by atoms with Gasteiger partial charge in [-0.25, -0.2) is 0 Å². The lowest BCUT2D eigenvalue weighted by Gasteiger charge is -2.25. The van der Waals surface area contributed by atoms with Crippen molar-refractivity contribution in [1.82, 2.24) is 10.2 Å². The van der Waals surface area contributed by atoms with E-state index >= 15 is 0 Å². The fourth-order valence-corrected chi connectivity index (χ4v) is 2.51. The van der Waals surface area contributed by atoms with E-state index in [1.54, 1.807) is 0 Å². The summed E-state index contributed by atoms with van der Waals surface area (Å²) in [5, 5.41) is 3.32. The molecule has 2 heterocycles. The molecule has 2 aliphatic rings. The van der Waals surface area contributed by atoms with Crippen molar-refractivity contribution in [1.29, 1.82) is 0 Å². The van der Waals surface area contributed by atoms with Gasteiger partial charge in [-0.05, 0) is 12.3 Å². The van der Waals surface area contributed by atoms with E-state index in [0.717, 1.165) is 39.3 Å². The molecule has 2 aliphatic heterocycles. The van der Waals surface area contributed by atoms with E-state index in [4.69, 9.17) is 9.47 Å². The van der Waals surface area contributed by atoms with Crippen LogP contribution < -0.4 is 5.32 Å². The highest BCUT2D eigenvalue weighted by Crippen LogP contribution is 2.15. The molecule has 0 aromatic heterocycles. The SMILES string of the molecule is CC(C)COC1CCN(C(=O)CC2COCCN2)C1.Cl. The van der Waals surface area contributed by atoms with Crippen molar-refractivity contribution in [2.45, 2.75) is 38.8 Å². The van der Waals surface area contributed by atoms with Crippen molar-refractivity contribution in [2.75, 3.05) is 39.5 Å². The molecule has 2 saturated heterocycles. The maximum absolute atomic E-state index is 12.2. The Kier molecular flexibility index (Phi) is 7.80. The van der Waals surface area contributed by atoms with Crippen molar-refractivity contribution in [2.24, 2.45) is 5.92 Å². The maximum Gasteiger partial charge on any atom is 0.224 e. The highest BCUT2D eigenvalue weighted by molar-refractivity contribution is 5.85. The summed E-state index contributed by atoms with van der Waals surface area (Å²) in [5.74, 6) is 0.770. The van der Waals surface area contributed by atoms with E-state index in [0.29, 0.717) is 18.9 Å². The number of ether oxygens (including phenoxy) is 2. The van der Waals surface area contributed by atoms with Crippen molar-refractivity contribution < 1.29 is 14.3 Å². The van der Waals surface area contributed by atoms with Gasteiger partial charge in [0.15, 0.2) is 0 Å². The molecule has 20 heavy (non-hydrogen) atoms. The standard InChI is InChI=1S/C14H26N2O3.ClH/c1-11(2)9-19-13-3-5-16(8-13)14(17)7-12-10-18-6-4-15-12;/h11-13,15H,3-10H2,1-2H3;1H. The molecule has 0 aromatic rings. The van der Waals surface area contributed by atoms with Crippen LogP contribution in [0.15, 0.2) is 0 Å². The normalized spacial score (nSPS) is 26.6. The first-order chi connectivity index (χ1) is 9.15. The summed E-state index contributed by atoms with van der Waals surface area (Å²) < 4.78 is 11.2. The zero-order chi connectivity index (χ0) is 13.7. The Morgan fingerprint density at radius 3 is 2.95 bits per heavy atom. The van der Waals surface area contributed by atoms with E-state index in [1.807, 2.05) is 4.90 Å². The molecule has 2 fully saturated rings. The van der Waals surface area contributed by atoms with Crippen molar-refractivity contribution in [3.05, 3.63) is 0 Å². The fourth-order valence-electron chi connectivity index (χ4n) is 2.51. The van der Waals surface area contributed by atoms with Crippen molar-refractivity contribution in [3.63, 3.8) is 0 Å². The zero-order valence-electron chi connectivity index (χ0n) is 12.5. The van der Waals surface area contributed by atoms with E-state index in [-0.39, 0.29) is 30.5 Å². The number of hydrogen-bond donors (Lipinski definition) is 1. The van der Waals surface area contributed by atoms with Crippen LogP contribution >= 0.6 is 12.4 Å². The molecular weight excluding hydrogens is 280 g/mol. The van der Waals surface area contributed by atoms with Crippen LogP contribution in [0.4, 0.5) is 0 Å².